The highest BCUT2D eigenvalue weighted by Gasteiger charge is 2.20. The lowest BCUT2D eigenvalue weighted by atomic mass is 10.2. The van der Waals surface area contributed by atoms with E-state index < -0.39 is 11.6 Å². The van der Waals surface area contributed by atoms with Crippen molar-refractivity contribution in [2.75, 3.05) is 6.61 Å². The van der Waals surface area contributed by atoms with Crippen molar-refractivity contribution >= 4 is 26.8 Å². The SMILES string of the molecule is Fc1cc(Br)ccc1Oc1cc2cnn(C3CCCCO3)c2cc1F. The van der Waals surface area contributed by atoms with Crippen molar-refractivity contribution in [2.24, 2.45) is 0 Å². The molecule has 7 heteroatoms. The molecule has 1 unspecified atom stereocenters. The van der Waals surface area contributed by atoms with Crippen molar-refractivity contribution in [1.29, 1.82) is 0 Å². The van der Waals surface area contributed by atoms with Crippen LogP contribution in [0.15, 0.2) is 41.0 Å². The molecular formula is C18H15BrF2N2O2. The maximum Gasteiger partial charge on any atom is 0.167 e. The van der Waals surface area contributed by atoms with Gasteiger partial charge in [-0.2, -0.15) is 5.10 Å². The highest BCUT2D eigenvalue weighted by molar-refractivity contribution is 9.10. The summed E-state index contributed by atoms with van der Waals surface area (Å²) in [4.78, 5) is 0. The van der Waals surface area contributed by atoms with Crippen LogP contribution in [0.5, 0.6) is 11.5 Å². The van der Waals surface area contributed by atoms with Crippen LogP contribution in [0.3, 0.4) is 0 Å². The Labute approximate surface area is 151 Å². The molecule has 1 fully saturated rings. The number of rotatable bonds is 3. The molecule has 0 spiro atoms. The number of aromatic nitrogens is 2. The standard InChI is InChI=1S/C18H15BrF2N2O2/c19-12-4-5-16(13(20)8-12)25-17-7-11-10-22-23(15(11)9-14(17)21)18-3-1-2-6-24-18/h4-5,7-10,18H,1-3,6H2. The molecule has 0 radical (unpaired) electrons. The van der Waals surface area contributed by atoms with E-state index in [0.717, 1.165) is 19.3 Å². The van der Waals surface area contributed by atoms with Crippen molar-refractivity contribution < 1.29 is 18.3 Å². The third-order valence-corrected chi connectivity index (χ3v) is 4.68. The lowest BCUT2D eigenvalue weighted by molar-refractivity contribution is -0.0366. The van der Waals surface area contributed by atoms with Crippen LogP contribution < -0.4 is 4.74 Å². The second-order valence-electron chi connectivity index (χ2n) is 5.93. The summed E-state index contributed by atoms with van der Waals surface area (Å²) in [5.41, 5.74) is 0.632. The number of nitrogens with zero attached hydrogens (tertiary/aromatic N) is 2. The second kappa shape index (κ2) is 6.72. The lowest BCUT2D eigenvalue weighted by Gasteiger charge is -2.23. The summed E-state index contributed by atoms with van der Waals surface area (Å²) >= 11 is 3.18. The van der Waals surface area contributed by atoms with Crippen LogP contribution in [0.25, 0.3) is 10.9 Å². The summed E-state index contributed by atoms with van der Waals surface area (Å²) in [5, 5.41) is 5.04. The molecule has 0 N–H and O–H groups in total. The Morgan fingerprint density at radius 2 is 1.96 bits per heavy atom. The highest BCUT2D eigenvalue weighted by Crippen LogP contribution is 2.33. The predicted octanol–water partition coefficient (Wildman–Crippen LogP) is 5.57. The summed E-state index contributed by atoms with van der Waals surface area (Å²) in [6, 6.07) is 7.23. The van der Waals surface area contributed by atoms with Crippen molar-refractivity contribution in [3.8, 4) is 11.5 Å². The van der Waals surface area contributed by atoms with Crippen molar-refractivity contribution in [1.82, 2.24) is 9.78 Å². The first-order chi connectivity index (χ1) is 12.1. The van der Waals surface area contributed by atoms with E-state index in [1.807, 2.05) is 0 Å². The molecule has 3 aromatic rings. The minimum absolute atomic E-state index is 0.0375. The Morgan fingerprint density at radius 1 is 1.12 bits per heavy atom. The Hall–Kier alpha value is -1.99. The molecule has 0 aliphatic carbocycles. The average Bonchev–Trinajstić information content (AvgIpc) is 3.01. The molecule has 1 aliphatic rings. The molecule has 130 valence electrons. The van der Waals surface area contributed by atoms with Gasteiger partial charge < -0.3 is 9.47 Å². The molecule has 1 aromatic heterocycles. The fraction of sp³-hybridized carbons (Fsp3) is 0.278. The molecule has 1 atom stereocenters. The van der Waals surface area contributed by atoms with E-state index in [1.165, 1.54) is 24.3 Å². The van der Waals surface area contributed by atoms with Gasteiger partial charge in [0.2, 0.25) is 0 Å². The minimum Gasteiger partial charge on any atom is -0.451 e. The van der Waals surface area contributed by atoms with E-state index in [9.17, 15) is 8.78 Å². The fourth-order valence-corrected chi connectivity index (χ4v) is 3.28. The van der Waals surface area contributed by atoms with E-state index in [2.05, 4.69) is 21.0 Å². The van der Waals surface area contributed by atoms with Gasteiger partial charge in [0, 0.05) is 22.5 Å². The summed E-state index contributed by atoms with van der Waals surface area (Å²) in [6.45, 7) is 0.679. The zero-order chi connectivity index (χ0) is 17.4. The van der Waals surface area contributed by atoms with Gasteiger partial charge in [-0.1, -0.05) is 15.9 Å². The molecule has 0 saturated carbocycles. The topological polar surface area (TPSA) is 36.3 Å². The Morgan fingerprint density at radius 3 is 2.72 bits per heavy atom. The third kappa shape index (κ3) is 3.26. The normalized spacial score (nSPS) is 17.8. The van der Waals surface area contributed by atoms with Gasteiger partial charge in [0.05, 0.1) is 11.7 Å². The van der Waals surface area contributed by atoms with Crippen molar-refractivity contribution in [2.45, 2.75) is 25.5 Å². The van der Waals surface area contributed by atoms with Crippen LogP contribution in [0.2, 0.25) is 0 Å². The molecule has 1 saturated heterocycles. The van der Waals surface area contributed by atoms with E-state index in [-0.39, 0.29) is 17.7 Å². The molecule has 0 amide bonds. The number of hydrogen-bond donors (Lipinski definition) is 0. The number of fused-ring (bicyclic) bond motifs is 1. The second-order valence-corrected chi connectivity index (χ2v) is 6.84. The fourth-order valence-electron chi connectivity index (χ4n) is 2.95. The highest BCUT2D eigenvalue weighted by atomic mass is 79.9. The predicted molar refractivity (Wildman–Crippen MR) is 92.7 cm³/mol. The van der Waals surface area contributed by atoms with Gasteiger partial charge in [0.1, 0.15) is 0 Å². The van der Waals surface area contributed by atoms with Gasteiger partial charge in [0.25, 0.3) is 0 Å². The van der Waals surface area contributed by atoms with Gasteiger partial charge in [-0.25, -0.2) is 13.5 Å². The summed E-state index contributed by atoms with van der Waals surface area (Å²) in [7, 11) is 0. The number of hydrogen-bond acceptors (Lipinski definition) is 3. The first kappa shape index (κ1) is 16.5. The van der Waals surface area contributed by atoms with Crippen LogP contribution >= 0.6 is 15.9 Å². The lowest BCUT2D eigenvalue weighted by Crippen LogP contribution is -2.18. The largest absolute Gasteiger partial charge is 0.451 e. The molecule has 0 bridgehead atoms. The van der Waals surface area contributed by atoms with E-state index >= 15 is 0 Å². The maximum atomic E-state index is 14.5. The molecule has 1 aliphatic heterocycles. The number of benzene rings is 2. The minimum atomic E-state index is -0.577. The third-order valence-electron chi connectivity index (χ3n) is 4.19. The van der Waals surface area contributed by atoms with Gasteiger partial charge in [-0.3, -0.25) is 0 Å². The molecule has 2 aromatic carbocycles. The number of halogens is 3. The van der Waals surface area contributed by atoms with Gasteiger partial charge in [-0.05, 0) is 43.5 Å². The van der Waals surface area contributed by atoms with E-state index in [1.54, 1.807) is 16.9 Å². The molecular weight excluding hydrogens is 394 g/mol. The average molecular weight is 409 g/mol. The zero-order valence-corrected chi connectivity index (χ0v) is 14.8. The summed E-state index contributed by atoms with van der Waals surface area (Å²) in [5.74, 6) is -1.23. The van der Waals surface area contributed by atoms with Crippen molar-refractivity contribution in [3.63, 3.8) is 0 Å². The zero-order valence-electron chi connectivity index (χ0n) is 13.2. The Balaban J connectivity index is 1.68. The van der Waals surface area contributed by atoms with Gasteiger partial charge in [-0.15, -0.1) is 0 Å². The van der Waals surface area contributed by atoms with Crippen LogP contribution in [0.4, 0.5) is 8.78 Å². The Bertz CT molecular complexity index is 923. The molecule has 4 rings (SSSR count). The summed E-state index contributed by atoms with van der Waals surface area (Å²) in [6.07, 6.45) is 4.39. The van der Waals surface area contributed by atoms with Crippen LogP contribution in [0.1, 0.15) is 25.5 Å². The molecule has 4 nitrogen and oxygen atoms in total. The van der Waals surface area contributed by atoms with E-state index in [0.29, 0.717) is 22.0 Å². The monoisotopic (exact) mass is 408 g/mol. The first-order valence-electron chi connectivity index (χ1n) is 8.03. The quantitative estimate of drug-likeness (QED) is 0.568. The first-order valence-corrected chi connectivity index (χ1v) is 8.82. The van der Waals surface area contributed by atoms with Gasteiger partial charge in [0.15, 0.2) is 29.4 Å². The Kier molecular flexibility index (Phi) is 4.43. The maximum absolute atomic E-state index is 14.5. The van der Waals surface area contributed by atoms with Crippen LogP contribution in [-0.4, -0.2) is 16.4 Å². The summed E-state index contributed by atoms with van der Waals surface area (Å²) < 4.78 is 41.8. The van der Waals surface area contributed by atoms with Gasteiger partial charge >= 0.3 is 0 Å². The van der Waals surface area contributed by atoms with Crippen LogP contribution in [-0.2, 0) is 4.74 Å². The molecule has 2 heterocycles. The van der Waals surface area contributed by atoms with Crippen LogP contribution in [0, 0.1) is 11.6 Å². The van der Waals surface area contributed by atoms with E-state index in [4.69, 9.17) is 9.47 Å². The number of ether oxygens (including phenoxy) is 2. The molecule has 25 heavy (non-hydrogen) atoms. The van der Waals surface area contributed by atoms with Crippen molar-refractivity contribution in [3.05, 3.63) is 52.6 Å². The smallest absolute Gasteiger partial charge is 0.167 e.